The summed E-state index contributed by atoms with van der Waals surface area (Å²) in [4.78, 5) is 8.63. The van der Waals surface area contributed by atoms with E-state index in [1.807, 2.05) is 12.1 Å². The summed E-state index contributed by atoms with van der Waals surface area (Å²) < 4.78 is 16.8. The fraction of sp³-hybridized carbons (Fsp3) is 0.500. The molecule has 0 aliphatic heterocycles. The molecule has 1 saturated carbocycles. The zero-order chi connectivity index (χ0) is 21.9. The van der Waals surface area contributed by atoms with Gasteiger partial charge in [0.05, 0.1) is 13.2 Å². The predicted molar refractivity (Wildman–Crippen MR) is 123 cm³/mol. The third-order valence-electron chi connectivity index (χ3n) is 5.07. The summed E-state index contributed by atoms with van der Waals surface area (Å²) in [5, 5.41) is 6.72. The molecule has 7 heteroatoms. The first-order chi connectivity index (χ1) is 15.2. The van der Waals surface area contributed by atoms with Crippen molar-refractivity contribution in [1.82, 2.24) is 15.6 Å². The molecule has 0 amide bonds. The molecule has 168 valence electrons. The molecule has 0 atom stereocenters. The van der Waals surface area contributed by atoms with Gasteiger partial charge < -0.3 is 24.8 Å². The van der Waals surface area contributed by atoms with E-state index in [4.69, 9.17) is 14.2 Å². The van der Waals surface area contributed by atoms with E-state index in [1.54, 1.807) is 20.4 Å². The van der Waals surface area contributed by atoms with E-state index in [0.29, 0.717) is 38.1 Å². The average molecular weight is 427 g/mol. The lowest BCUT2D eigenvalue weighted by Crippen LogP contribution is -2.36. The maximum atomic E-state index is 5.97. The van der Waals surface area contributed by atoms with Gasteiger partial charge in [-0.25, -0.2) is 4.98 Å². The molecule has 0 spiro atoms. The maximum Gasteiger partial charge on any atom is 0.213 e. The van der Waals surface area contributed by atoms with Crippen molar-refractivity contribution in [3.8, 4) is 11.6 Å². The Labute approximate surface area is 185 Å². The van der Waals surface area contributed by atoms with E-state index in [0.717, 1.165) is 35.9 Å². The van der Waals surface area contributed by atoms with Gasteiger partial charge in [-0.1, -0.05) is 12.1 Å². The number of benzene rings is 1. The van der Waals surface area contributed by atoms with Gasteiger partial charge in [-0.05, 0) is 48.9 Å². The van der Waals surface area contributed by atoms with Crippen molar-refractivity contribution >= 4 is 5.96 Å². The first kappa shape index (κ1) is 22.9. The number of aliphatic imine (C=N–C) groups is 1. The van der Waals surface area contributed by atoms with Crippen molar-refractivity contribution in [3.63, 3.8) is 0 Å². The Balaban J connectivity index is 1.49. The Morgan fingerprint density at radius 1 is 1.10 bits per heavy atom. The number of nitrogens with zero attached hydrogens (tertiary/aromatic N) is 2. The molecule has 1 aliphatic carbocycles. The third kappa shape index (κ3) is 8.09. The molecule has 3 rings (SSSR count). The van der Waals surface area contributed by atoms with Crippen LogP contribution in [0.5, 0.6) is 11.6 Å². The van der Waals surface area contributed by atoms with Gasteiger partial charge in [-0.2, -0.15) is 0 Å². The Morgan fingerprint density at radius 2 is 1.94 bits per heavy atom. The monoisotopic (exact) mass is 426 g/mol. The topological polar surface area (TPSA) is 77.0 Å². The molecule has 0 bridgehead atoms. The molecule has 2 N–H and O–H groups in total. The van der Waals surface area contributed by atoms with Gasteiger partial charge in [0.25, 0.3) is 0 Å². The fourth-order valence-electron chi connectivity index (χ4n) is 3.04. The lowest BCUT2D eigenvalue weighted by Gasteiger charge is -2.16. The standard InChI is InChI=1S/C24H34N4O3/c1-18-5-8-21(22(13-18)30-12-4-11-29-3)16-28-24(25-2)27-15-20-9-10-26-23(14-20)31-17-19-6-7-19/h5,8-10,13-14,19H,4,6-7,11-12,15-17H2,1-3H3,(H2,25,27,28). The molecule has 7 nitrogen and oxygen atoms in total. The van der Waals surface area contributed by atoms with E-state index in [1.165, 1.54) is 18.4 Å². The molecule has 1 aromatic carbocycles. The Morgan fingerprint density at radius 3 is 2.71 bits per heavy atom. The molecule has 0 saturated heterocycles. The van der Waals surface area contributed by atoms with E-state index in [2.05, 4.69) is 45.7 Å². The summed E-state index contributed by atoms with van der Waals surface area (Å²) >= 11 is 0. The molecule has 2 aromatic rings. The number of hydrogen-bond acceptors (Lipinski definition) is 5. The van der Waals surface area contributed by atoms with Crippen LogP contribution in [0.3, 0.4) is 0 Å². The zero-order valence-corrected chi connectivity index (χ0v) is 18.8. The zero-order valence-electron chi connectivity index (χ0n) is 18.8. The normalized spacial score (nSPS) is 13.7. The van der Waals surface area contributed by atoms with E-state index >= 15 is 0 Å². The minimum Gasteiger partial charge on any atom is -0.493 e. The number of guanidine groups is 1. The predicted octanol–water partition coefficient (Wildman–Crippen LogP) is 3.46. The number of nitrogens with one attached hydrogen (secondary N) is 2. The van der Waals surface area contributed by atoms with E-state index in [-0.39, 0.29) is 0 Å². The molecule has 1 aliphatic rings. The highest BCUT2D eigenvalue weighted by Gasteiger charge is 2.22. The van der Waals surface area contributed by atoms with Crippen LogP contribution in [0.4, 0.5) is 0 Å². The highest BCUT2D eigenvalue weighted by Crippen LogP contribution is 2.29. The first-order valence-corrected chi connectivity index (χ1v) is 10.9. The van der Waals surface area contributed by atoms with Crippen LogP contribution in [0, 0.1) is 12.8 Å². The number of pyridine rings is 1. The first-order valence-electron chi connectivity index (χ1n) is 10.9. The SMILES string of the molecule is CN=C(NCc1ccnc(OCC2CC2)c1)NCc1ccc(C)cc1OCCCOC. The number of hydrogen-bond donors (Lipinski definition) is 2. The number of rotatable bonds is 12. The van der Waals surface area contributed by atoms with Crippen LogP contribution in [0.15, 0.2) is 41.5 Å². The van der Waals surface area contributed by atoms with Gasteiger partial charge in [0.1, 0.15) is 5.75 Å². The summed E-state index contributed by atoms with van der Waals surface area (Å²) in [7, 11) is 3.47. The molecule has 1 aromatic heterocycles. The second-order valence-corrected chi connectivity index (χ2v) is 7.84. The Bertz CT molecular complexity index is 852. The summed E-state index contributed by atoms with van der Waals surface area (Å²) in [6, 6.07) is 10.2. The van der Waals surface area contributed by atoms with Gasteiger partial charge in [0, 0.05) is 58.1 Å². The summed E-state index contributed by atoms with van der Waals surface area (Å²) in [5.74, 6) is 3.01. The fourth-order valence-corrected chi connectivity index (χ4v) is 3.04. The maximum absolute atomic E-state index is 5.97. The van der Waals surface area contributed by atoms with Crippen LogP contribution >= 0.6 is 0 Å². The second kappa shape index (κ2) is 12.2. The minimum atomic E-state index is 0.617. The molecule has 0 unspecified atom stereocenters. The van der Waals surface area contributed by atoms with Crippen LogP contribution < -0.4 is 20.1 Å². The average Bonchev–Trinajstić information content (AvgIpc) is 3.61. The lowest BCUT2D eigenvalue weighted by molar-refractivity contribution is 0.171. The van der Waals surface area contributed by atoms with Gasteiger partial charge in [-0.3, -0.25) is 4.99 Å². The van der Waals surface area contributed by atoms with Crippen molar-refractivity contribution in [2.24, 2.45) is 10.9 Å². The van der Waals surface area contributed by atoms with Crippen molar-refractivity contribution < 1.29 is 14.2 Å². The molecule has 1 heterocycles. The van der Waals surface area contributed by atoms with Gasteiger partial charge in [0.2, 0.25) is 5.88 Å². The van der Waals surface area contributed by atoms with Crippen molar-refractivity contribution in [3.05, 3.63) is 53.2 Å². The minimum absolute atomic E-state index is 0.617. The molecular formula is C24H34N4O3. The van der Waals surface area contributed by atoms with Crippen LogP contribution in [0.1, 0.15) is 36.0 Å². The highest BCUT2D eigenvalue weighted by molar-refractivity contribution is 5.79. The molecular weight excluding hydrogens is 392 g/mol. The number of aryl methyl sites for hydroxylation is 1. The second-order valence-electron chi connectivity index (χ2n) is 7.84. The molecule has 31 heavy (non-hydrogen) atoms. The van der Waals surface area contributed by atoms with Gasteiger partial charge in [-0.15, -0.1) is 0 Å². The Hall–Kier alpha value is -2.80. The summed E-state index contributed by atoms with van der Waals surface area (Å²) in [6.07, 6.45) is 5.18. The lowest BCUT2D eigenvalue weighted by atomic mass is 10.1. The third-order valence-corrected chi connectivity index (χ3v) is 5.07. The number of ether oxygens (including phenoxy) is 3. The molecule has 0 radical (unpaired) electrons. The Kier molecular flexibility index (Phi) is 8.97. The van der Waals surface area contributed by atoms with Crippen LogP contribution in [0.2, 0.25) is 0 Å². The number of aromatic nitrogens is 1. The van der Waals surface area contributed by atoms with Crippen LogP contribution in [-0.2, 0) is 17.8 Å². The van der Waals surface area contributed by atoms with Crippen LogP contribution in [-0.4, -0.2) is 44.9 Å². The van der Waals surface area contributed by atoms with Crippen molar-refractivity contribution in [1.29, 1.82) is 0 Å². The van der Waals surface area contributed by atoms with Crippen molar-refractivity contribution in [2.75, 3.05) is 34.0 Å². The molecule has 1 fully saturated rings. The quantitative estimate of drug-likeness (QED) is 0.308. The largest absolute Gasteiger partial charge is 0.493 e. The van der Waals surface area contributed by atoms with E-state index < -0.39 is 0 Å². The summed E-state index contributed by atoms with van der Waals surface area (Å²) in [5.41, 5.74) is 3.36. The van der Waals surface area contributed by atoms with Crippen molar-refractivity contribution in [2.45, 2.75) is 39.3 Å². The van der Waals surface area contributed by atoms with E-state index in [9.17, 15) is 0 Å². The van der Waals surface area contributed by atoms with Gasteiger partial charge >= 0.3 is 0 Å². The highest BCUT2D eigenvalue weighted by atomic mass is 16.5. The van der Waals surface area contributed by atoms with Crippen LogP contribution in [0.25, 0.3) is 0 Å². The van der Waals surface area contributed by atoms with Gasteiger partial charge in [0.15, 0.2) is 5.96 Å². The number of methoxy groups -OCH3 is 1. The smallest absolute Gasteiger partial charge is 0.213 e. The summed E-state index contributed by atoms with van der Waals surface area (Å²) in [6.45, 7) is 5.40.